The molecule has 0 aliphatic carbocycles. The molecule has 0 atom stereocenters. The van der Waals surface area contributed by atoms with E-state index < -0.39 is 5.97 Å². The molecular formula is C15H18NNaO3S. The molecule has 0 N–H and O–H groups in total. The minimum absolute atomic E-state index is 0. The van der Waals surface area contributed by atoms with Crippen molar-refractivity contribution in [2.45, 2.75) is 45.1 Å². The monoisotopic (exact) mass is 315 g/mol. The Labute approximate surface area is 150 Å². The molecule has 0 saturated heterocycles. The van der Waals surface area contributed by atoms with Crippen LogP contribution in [-0.4, -0.2) is 10.5 Å². The summed E-state index contributed by atoms with van der Waals surface area (Å²) >= 11 is 1.29. The van der Waals surface area contributed by atoms with Crippen molar-refractivity contribution in [1.82, 2.24) is 4.57 Å². The van der Waals surface area contributed by atoms with Crippen LogP contribution in [0.3, 0.4) is 0 Å². The molecule has 2 aromatic rings. The van der Waals surface area contributed by atoms with Crippen LogP contribution in [0.1, 0.15) is 38.5 Å². The van der Waals surface area contributed by atoms with Gasteiger partial charge in [-0.3, -0.25) is 9.36 Å². The molecule has 1 aromatic carbocycles. The second-order valence-corrected chi connectivity index (χ2v) is 5.87. The normalized spacial score (nSPS) is 10.5. The number of carbonyl (C=O) groups is 1. The average Bonchev–Trinajstić information content (AvgIpc) is 2.73. The van der Waals surface area contributed by atoms with E-state index in [4.69, 9.17) is 0 Å². The first-order valence-corrected chi connectivity index (χ1v) is 7.78. The molecule has 1 aromatic heterocycles. The molecule has 108 valence electrons. The van der Waals surface area contributed by atoms with Crippen LogP contribution in [0.2, 0.25) is 0 Å². The van der Waals surface area contributed by atoms with Gasteiger partial charge in [0, 0.05) is 12.5 Å². The number of carbonyl (C=O) groups excluding carboxylic acids is 1. The van der Waals surface area contributed by atoms with Gasteiger partial charge in [0.1, 0.15) is 0 Å². The zero-order valence-corrected chi connectivity index (χ0v) is 15.2. The predicted molar refractivity (Wildman–Crippen MR) is 78.8 cm³/mol. The largest absolute Gasteiger partial charge is 1.00 e. The summed E-state index contributed by atoms with van der Waals surface area (Å²) in [7, 11) is 0. The van der Waals surface area contributed by atoms with Crippen molar-refractivity contribution >= 4 is 27.5 Å². The maximum absolute atomic E-state index is 11.9. The zero-order chi connectivity index (χ0) is 14.4. The predicted octanol–water partition coefficient (Wildman–Crippen LogP) is -0.842. The zero-order valence-electron chi connectivity index (χ0n) is 12.3. The molecule has 6 heteroatoms. The van der Waals surface area contributed by atoms with E-state index in [1.165, 1.54) is 11.3 Å². The van der Waals surface area contributed by atoms with Gasteiger partial charge in [-0.1, -0.05) is 42.7 Å². The number of thiazole rings is 1. The Kier molecular flexibility index (Phi) is 8.26. The molecule has 0 spiro atoms. The molecule has 0 aliphatic heterocycles. The third kappa shape index (κ3) is 5.58. The maximum Gasteiger partial charge on any atom is 1.00 e. The number of carboxylic acid groups (broad SMARTS) is 1. The number of nitrogens with zero attached hydrogens (tertiary/aromatic N) is 1. The van der Waals surface area contributed by atoms with Crippen molar-refractivity contribution in [3.05, 3.63) is 33.9 Å². The van der Waals surface area contributed by atoms with Crippen LogP contribution in [0, 0.1) is 0 Å². The molecule has 0 saturated carbocycles. The van der Waals surface area contributed by atoms with Gasteiger partial charge in [0.25, 0.3) is 0 Å². The summed E-state index contributed by atoms with van der Waals surface area (Å²) < 4.78 is 2.87. The van der Waals surface area contributed by atoms with Gasteiger partial charge in [-0.2, -0.15) is 0 Å². The number of rotatable bonds is 8. The van der Waals surface area contributed by atoms with Crippen molar-refractivity contribution in [2.24, 2.45) is 0 Å². The standard InChI is InChI=1S/C15H19NO3S.Na/c17-14(18)10-4-2-1-3-7-11-16-12-8-5-6-9-13(12)20-15(16)19;/h5-6,8-9H,1-4,7,10-11H2,(H,17,18);/q;+1/p-1. The van der Waals surface area contributed by atoms with E-state index in [2.05, 4.69) is 0 Å². The van der Waals surface area contributed by atoms with E-state index in [0.717, 1.165) is 42.4 Å². The van der Waals surface area contributed by atoms with Crippen LogP contribution in [0.25, 0.3) is 10.2 Å². The van der Waals surface area contributed by atoms with Crippen molar-refractivity contribution in [2.75, 3.05) is 0 Å². The summed E-state index contributed by atoms with van der Waals surface area (Å²) in [6.45, 7) is 0.739. The second kappa shape index (κ2) is 9.41. The number of carboxylic acids is 1. The SMILES string of the molecule is O=C([O-])CCCCCCCn1c(=O)sc2ccccc21.[Na+]. The molecule has 0 fully saturated rings. The van der Waals surface area contributed by atoms with Crippen LogP contribution < -0.4 is 39.5 Å². The number of para-hydroxylation sites is 1. The summed E-state index contributed by atoms with van der Waals surface area (Å²) in [5.41, 5.74) is 1.01. The van der Waals surface area contributed by atoms with Gasteiger partial charge in [0.05, 0.1) is 10.2 Å². The fourth-order valence-electron chi connectivity index (χ4n) is 2.30. The Morgan fingerprint density at radius 1 is 1.10 bits per heavy atom. The number of aryl methyl sites for hydroxylation is 1. The Morgan fingerprint density at radius 3 is 2.52 bits per heavy atom. The van der Waals surface area contributed by atoms with Crippen molar-refractivity contribution in [1.29, 1.82) is 0 Å². The quantitative estimate of drug-likeness (QED) is 0.471. The Hall–Kier alpha value is -0.620. The summed E-state index contributed by atoms with van der Waals surface area (Å²) in [5.74, 6) is -0.971. The first-order valence-electron chi connectivity index (χ1n) is 6.96. The first kappa shape index (κ1) is 18.4. The molecule has 0 radical (unpaired) electrons. The van der Waals surface area contributed by atoms with Gasteiger partial charge >= 0.3 is 34.4 Å². The average molecular weight is 315 g/mol. The molecule has 0 bridgehead atoms. The van der Waals surface area contributed by atoms with Gasteiger partial charge in [-0.15, -0.1) is 0 Å². The maximum atomic E-state index is 11.9. The topological polar surface area (TPSA) is 62.1 Å². The van der Waals surface area contributed by atoms with Gasteiger partial charge in [0.2, 0.25) is 0 Å². The molecule has 4 nitrogen and oxygen atoms in total. The van der Waals surface area contributed by atoms with E-state index in [0.29, 0.717) is 6.42 Å². The van der Waals surface area contributed by atoms with Crippen LogP contribution in [0.5, 0.6) is 0 Å². The summed E-state index contributed by atoms with van der Waals surface area (Å²) in [5, 5.41) is 10.3. The number of hydrogen-bond acceptors (Lipinski definition) is 4. The molecule has 1 heterocycles. The third-order valence-electron chi connectivity index (χ3n) is 3.34. The van der Waals surface area contributed by atoms with Crippen molar-refractivity contribution < 1.29 is 39.5 Å². The van der Waals surface area contributed by atoms with Crippen LogP contribution in [0.4, 0.5) is 0 Å². The molecule has 0 aliphatic rings. The summed E-state index contributed by atoms with van der Waals surface area (Å²) in [6, 6.07) is 7.84. The molecule has 0 unspecified atom stereocenters. The minimum Gasteiger partial charge on any atom is -0.550 e. The number of aliphatic carboxylic acids is 1. The molecule has 0 amide bonds. The molecule has 21 heavy (non-hydrogen) atoms. The Bertz CT molecular complexity index is 635. The van der Waals surface area contributed by atoms with Crippen LogP contribution in [-0.2, 0) is 11.3 Å². The van der Waals surface area contributed by atoms with E-state index in [-0.39, 0.29) is 40.9 Å². The number of aromatic nitrogens is 1. The molecule has 2 rings (SSSR count). The van der Waals surface area contributed by atoms with Crippen molar-refractivity contribution in [3.8, 4) is 0 Å². The molecular weight excluding hydrogens is 297 g/mol. The van der Waals surface area contributed by atoms with E-state index in [1.54, 1.807) is 0 Å². The van der Waals surface area contributed by atoms with Gasteiger partial charge < -0.3 is 9.90 Å². The van der Waals surface area contributed by atoms with E-state index in [9.17, 15) is 14.7 Å². The number of fused-ring (bicyclic) bond motifs is 1. The number of unbranched alkanes of at least 4 members (excludes halogenated alkanes) is 4. The fraction of sp³-hybridized carbons (Fsp3) is 0.467. The summed E-state index contributed by atoms with van der Waals surface area (Å²) in [4.78, 5) is 22.2. The van der Waals surface area contributed by atoms with Crippen LogP contribution in [0.15, 0.2) is 29.1 Å². The first-order chi connectivity index (χ1) is 9.68. The number of hydrogen-bond donors (Lipinski definition) is 0. The summed E-state index contributed by atoms with van der Waals surface area (Å²) in [6.07, 6.45) is 4.71. The van der Waals surface area contributed by atoms with Gasteiger partial charge in [0.15, 0.2) is 0 Å². The smallest absolute Gasteiger partial charge is 0.550 e. The van der Waals surface area contributed by atoms with Gasteiger partial charge in [-0.05, 0) is 31.4 Å². The van der Waals surface area contributed by atoms with E-state index in [1.807, 2.05) is 28.8 Å². The third-order valence-corrected chi connectivity index (χ3v) is 4.30. The van der Waals surface area contributed by atoms with Gasteiger partial charge in [-0.25, -0.2) is 0 Å². The van der Waals surface area contributed by atoms with Crippen LogP contribution >= 0.6 is 11.3 Å². The second-order valence-electron chi connectivity index (χ2n) is 4.88. The van der Waals surface area contributed by atoms with E-state index >= 15 is 0 Å². The number of benzene rings is 1. The van der Waals surface area contributed by atoms with Crippen molar-refractivity contribution in [3.63, 3.8) is 0 Å². The minimum atomic E-state index is -0.971. The Balaban J connectivity index is 0.00000220. The Morgan fingerprint density at radius 2 is 1.76 bits per heavy atom. The fourth-order valence-corrected chi connectivity index (χ4v) is 3.21.